The molecule has 142 valence electrons. The fourth-order valence-electron chi connectivity index (χ4n) is 2.75. The minimum atomic E-state index is -0.534. The molecule has 4 rings (SSSR count). The van der Waals surface area contributed by atoms with Crippen LogP contribution in [-0.2, 0) is 0 Å². The average molecular weight is 377 g/mol. The molecule has 9 nitrogen and oxygen atoms in total. The largest absolute Gasteiger partial charge is 0.412 e. The zero-order valence-electron chi connectivity index (χ0n) is 15.5. The molecule has 0 bridgehead atoms. The molecule has 1 aromatic carbocycles. The summed E-state index contributed by atoms with van der Waals surface area (Å²) in [5.74, 6) is 0.988. The van der Waals surface area contributed by atoms with E-state index < -0.39 is 6.09 Å². The smallest absolute Gasteiger partial charge is 0.410 e. The van der Waals surface area contributed by atoms with E-state index >= 15 is 0 Å². The van der Waals surface area contributed by atoms with Gasteiger partial charge < -0.3 is 20.7 Å². The maximum absolute atomic E-state index is 11.5. The third-order valence-corrected chi connectivity index (χ3v) is 4.39. The molecule has 0 atom stereocenters. The number of anilines is 3. The van der Waals surface area contributed by atoms with Gasteiger partial charge in [0, 0.05) is 30.9 Å². The van der Waals surface area contributed by atoms with E-state index in [0.29, 0.717) is 34.6 Å². The quantitative estimate of drug-likeness (QED) is 0.626. The maximum atomic E-state index is 11.5. The first-order valence-corrected chi connectivity index (χ1v) is 8.90. The topological polar surface area (TPSA) is 116 Å². The van der Waals surface area contributed by atoms with Crippen LogP contribution in [0.4, 0.5) is 22.0 Å². The molecule has 0 aliphatic heterocycles. The molecule has 9 heteroatoms. The van der Waals surface area contributed by atoms with Gasteiger partial charge in [-0.3, -0.25) is 0 Å². The van der Waals surface area contributed by atoms with Crippen molar-refractivity contribution in [2.75, 3.05) is 17.7 Å². The van der Waals surface area contributed by atoms with Crippen LogP contribution in [0.15, 0.2) is 30.5 Å². The van der Waals surface area contributed by atoms with Crippen LogP contribution in [0.3, 0.4) is 0 Å². The van der Waals surface area contributed by atoms with Crippen molar-refractivity contribution in [3.05, 3.63) is 41.7 Å². The first kappa shape index (κ1) is 17.6. The fourth-order valence-corrected chi connectivity index (χ4v) is 2.75. The first-order valence-electron chi connectivity index (χ1n) is 8.90. The fraction of sp³-hybridized carbons (Fsp3) is 0.263. The van der Waals surface area contributed by atoms with Crippen LogP contribution >= 0.6 is 0 Å². The van der Waals surface area contributed by atoms with E-state index in [4.69, 9.17) is 4.74 Å². The molecule has 0 spiro atoms. The Kier molecular flexibility index (Phi) is 4.45. The monoisotopic (exact) mass is 377 g/mol. The van der Waals surface area contributed by atoms with Crippen molar-refractivity contribution in [2.45, 2.75) is 25.8 Å². The van der Waals surface area contributed by atoms with Crippen LogP contribution in [0.5, 0.6) is 5.75 Å². The molecule has 1 saturated carbocycles. The molecule has 1 fully saturated rings. The van der Waals surface area contributed by atoms with Gasteiger partial charge in [0.25, 0.3) is 0 Å². The maximum Gasteiger partial charge on any atom is 0.412 e. The number of carbonyl (C=O) groups is 1. The Morgan fingerprint density at radius 1 is 1.36 bits per heavy atom. The van der Waals surface area contributed by atoms with E-state index in [2.05, 4.69) is 32.1 Å². The minimum absolute atomic E-state index is 0.352. The van der Waals surface area contributed by atoms with Gasteiger partial charge in [0.2, 0.25) is 0 Å². The number of rotatable bonds is 5. The summed E-state index contributed by atoms with van der Waals surface area (Å²) in [4.78, 5) is 15.8. The van der Waals surface area contributed by atoms with Gasteiger partial charge in [0.15, 0.2) is 17.2 Å². The normalized spacial score (nSPS) is 13.0. The van der Waals surface area contributed by atoms with Crippen LogP contribution < -0.4 is 20.7 Å². The van der Waals surface area contributed by atoms with Crippen molar-refractivity contribution in [1.29, 1.82) is 5.26 Å². The van der Waals surface area contributed by atoms with E-state index in [0.717, 1.165) is 24.1 Å². The Bertz CT molecular complexity index is 1100. The molecule has 1 aliphatic carbocycles. The molecule has 1 aliphatic rings. The van der Waals surface area contributed by atoms with Gasteiger partial charge >= 0.3 is 6.09 Å². The van der Waals surface area contributed by atoms with Crippen molar-refractivity contribution in [2.24, 2.45) is 0 Å². The predicted octanol–water partition coefficient (Wildman–Crippen LogP) is 2.95. The Morgan fingerprint density at radius 3 is 2.89 bits per heavy atom. The number of hydrogen-bond acceptors (Lipinski definition) is 7. The van der Waals surface area contributed by atoms with Crippen LogP contribution in [0.2, 0.25) is 0 Å². The lowest BCUT2D eigenvalue weighted by Gasteiger charge is -2.13. The van der Waals surface area contributed by atoms with Gasteiger partial charge in [-0.25, -0.2) is 9.78 Å². The van der Waals surface area contributed by atoms with E-state index in [-0.39, 0.29) is 0 Å². The molecular weight excluding hydrogens is 358 g/mol. The molecule has 0 unspecified atom stereocenters. The van der Waals surface area contributed by atoms with Crippen molar-refractivity contribution >= 4 is 28.9 Å². The summed E-state index contributed by atoms with van der Waals surface area (Å²) < 4.78 is 6.79. The highest BCUT2D eigenvalue weighted by Crippen LogP contribution is 2.30. The number of aryl methyl sites for hydroxylation is 1. The second kappa shape index (κ2) is 7.08. The lowest BCUT2D eigenvalue weighted by molar-refractivity contribution is 0.202. The van der Waals surface area contributed by atoms with Crippen LogP contribution in [0, 0.1) is 18.3 Å². The van der Waals surface area contributed by atoms with Gasteiger partial charge in [-0.05, 0) is 31.4 Å². The number of imidazole rings is 1. The van der Waals surface area contributed by atoms with Crippen molar-refractivity contribution < 1.29 is 9.53 Å². The van der Waals surface area contributed by atoms with Gasteiger partial charge in [-0.15, -0.1) is 5.10 Å². The Morgan fingerprint density at radius 2 is 2.18 bits per heavy atom. The van der Waals surface area contributed by atoms with Gasteiger partial charge in [0.05, 0.1) is 11.9 Å². The summed E-state index contributed by atoms with van der Waals surface area (Å²) in [6.07, 6.45) is 3.20. The number of nitrogens with zero attached hydrogens (tertiary/aromatic N) is 4. The summed E-state index contributed by atoms with van der Waals surface area (Å²) in [5, 5.41) is 22.9. The van der Waals surface area contributed by atoms with Crippen LogP contribution in [0.1, 0.15) is 24.1 Å². The van der Waals surface area contributed by atoms with E-state index in [1.165, 1.54) is 17.8 Å². The number of ether oxygens (including phenoxy) is 1. The number of nitriles is 1. The highest BCUT2D eigenvalue weighted by atomic mass is 16.6. The SMILES string of the molecule is CNC(=O)Oc1cc(Nc2cc(NC3CC3)c3ncc(C#N)n3n2)ccc1C. The summed E-state index contributed by atoms with van der Waals surface area (Å²) >= 11 is 0. The lowest BCUT2D eigenvalue weighted by Crippen LogP contribution is -2.22. The average Bonchev–Trinajstić information content (AvgIpc) is 3.40. The number of carbonyl (C=O) groups excluding carboxylic acids is 1. The molecule has 3 N–H and O–H groups in total. The third-order valence-electron chi connectivity index (χ3n) is 4.39. The summed E-state index contributed by atoms with van der Waals surface area (Å²) in [6, 6.07) is 9.83. The van der Waals surface area contributed by atoms with Gasteiger partial charge in [-0.2, -0.15) is 9.78 Å². The Labute approximate surface area is 161 Å². The molecule has 0 saturated heterocycles. The second-order valence-electron chi connectivity index (χ2n) is 6.60. The van der Waals surface area contributed by atoms with Gasteiger partial charge in [0.1, 0.15) is 11.8 Å². The minimum Gasteiger partial charge on any atom is -0.410 e. The molecule has 2 aromatic heterocycles. The Hall–Kier alpha value is -3.80. The molecule has 0 radical (unpaired) electrons. The number of hydrogen-bond donors (Lipinski definition) is 3. The van der Waals surface area contributed by atoms with Crippen molar-refractivity contribution in [3.63, 3.8) is 0 Å². The summed E-state index contributed by atoms with van der Waals surface area (Å²) in [6.45, 7) is 1.86. The number of benzene rings is 1. The molecule has 2 heterocycles. The lowest BCUT2D eigenvalue weighted by atomic mass is 10.2. The third kappa shape index (κ3) is 3.53. The summed E-state index contributed by atoms with van der Waals surface area (Å²) in [7, 11) is 1.51. The molecular formula is C19H19N7O2. The van der Waals surface area contributed by atoms with Crippen LogP contribution in [0.25, 0.3) is 5.65 Å². The standard InChI is InChI=1S/C19H19N7O2/c1-11-3-4-13(7-16(11)28-19(27)21-2)24-17-8-15(23-12-5-6-12)18-22-10-14(9-20)26(18)25-17/h3-4,7-8,10,12,23H,5-6H2,1-2H3,(H,21,27)(H,24,25). The molecule has 3 aromatic rings. The number of aromatic nitrogens is 3. The Balaban J connectivity index is 1.68. The van der Waals surface area contributed by atoms with E-state index in [1.807, 2.05) is 25.1 Å². The van der Waals surface area contributed by atoms with Crippen molar-refractivity contribution in [1.82, 2.24) is 19.9 Å². The van der Waals surface area contributed by atoms with Gasteiger partial charge in [-0.1, -0.05) is 6.07 Å². The van der Waals surface area contributed by atoms with E-state index in [9.17, 15) is 10.1 Å². The van der Waals surface area contributed by atoms with Crippen molar-refractivity contribution in [3.8, 4) is 11.8 Å². The number of amides is 1. The zero-order chi connectivity index (χ0) is 19.7. The highest BCUT2D eigenvalue weighted by Gasteiger charge is 2.23. The van der Waals surface area contributed by atoms with Crippen LogP contribution in [-0.4, -0.2) is 33.8 Å². The number of nitrogens with one attached hydrogen (secondary N) is 3. The highest BCUT2D eigenvalue weighted by molar-refractivity contribution is 5.74. The second-order valence-corrected chi connectivity index (χ2v) is 6.60. The van der Waals surface area contributed by atoms with E-state index in [1.54, 1.807) is 6.07 Å². The summed E-state index contributed by atoms with van der Waals surface area (Å²) in [5.41, 5.74) is 3.31. The molecule has 1 amide bonds. The molecule has 28 heavy (non-hydrogen) atoms. The first-order chi connectivity index (χ1) is 13.6. The predicted molar refractivity (Wildman–Crippen MR) is 104 cm³/mol. The zero-order valence-corrected chi connectivity index (χ0v) is 15.5. The number of fused-ring (bicyclic) bond motifs is 1.